The van der Waals surface area contributed by atoms with E-state index in [1.165, 1.54) is 39.8 Å². The van der Waals surface area contributed by atoms with Gasteiger partial charge in [-0.25, -0.2) is 4.39 Å². The molecule has 7 nitrogen and oxygen atoms in total. The summed E-state index contributed by atoms with van der Waals surface area (Å²) in [7, 11) is 0. The van der Waals surface area contributed by atoms with Gasteiger partial charge in [0, 0.05) is 35.4 Å². The molecule has 2 aliphatic rings. The predicted octanol–water partition coefficient (Wildman–Crippen LogP) is 4.61. The maximum atomic E-state index is 15.0. The summed E-state index contributed by atoms with van der Waals surface area (Å²) in [6.45, 7) is 1.31. The number of rotatable bonds is 3. The van der Waals surface area contributed by atoms with E-state index in [9.17, 15) is 27.6 Å². The van der Waals surface area contributed by atoms with Crippen LogP contribution in [0.1, 0.15) is 47.1 Å². The maximum Gasteiger partial charge on any atom is 0.408 e. The summed E-state index contributed by atoms with van der Waals surface area (Å²) in [5.41, 5.74) is 0.172. The summed E-state index contributed by atoms with van der Waals surface area (Å²) in [4.78, 5) is 39.3. The summed E-state index contributed by atoms with van der Waals surface area (Å²) in [6.07, 6.45) is -3.54. The van der Waals surface area contributed by atoms with Crippen molar-refractivity contribution in [3.8, 4) is 5.75 Å². The maximum absolute atomic E-state index is 15.0. The number of aromatic nitrogens is 1. The normalized spacial score (nSPS) is 17.7. The average Bonchev–Trinajstić information content (AvgIpc) is 3.02. The van der Waals surface area contributed by atoms with Crippen LogP contribution in [0, 0.1) is 5.82 Å². The van der Waals surface area contributed by atoms with Gasteiger partial charge in [0.25, 0.3) is 5.91 Å². The Bertz CT molecular complexity index is 1510. The zero-order chi connectivity index (χ0) is 27.4. The molecule has 0 aliphatic carbocycles. The molecule has 0 radical (unpaired) electrons. The fourth-order valence-corrected chi connectivity index (χ4v) is 5.85. The SMILES string of the molecule is CC(=O)Oc1c2n(ccc1=O)N([C@H]1c3ccccc3SCc3c(F)cccc31)CN([C@H](C)C(F)(F)F)C2=O. The van der Waals surface area contributed by atoms with E-state index in [-0.39, 0.29) is 5.75 Å². The van der Waals surface area contributed by atoms with Gasteiger partial charge in [0.1, 0.15) is 18.5 Å². The number of halogens is 4. The smallest absolute Gasteiger partial charge is 0.408 e. The lowest BCUT2D eigenvalue weighted by Crippen LogP contribution is -2.60. The molecule has 0 fully saturated rings. The molecule has 3 aromatic rings. The number of pyridine rings is 1. The molecular weight excluding hydrogens is 526 g/mol. The van der Waals surface area contributed by atoms with Gasteiger partial charge in [-0.05, 0) is 30.2 Å². The van der Waals surface area contributed by atoms with Crippen molar-refractivity contribution < 1.29 is 31.9 Å². The third kappa shape index (κ3) is 4.32. The van der Waals surface area contributed by atoms with E-state index >= 15 is 4.39 Å². The minimum atomic E-state index is -4.79. The second-order valence-corrected chi connectivity index (χ2v) is 9.92. The third-order valence-electron chi connectivity index (χ3n) is 6.59. The number of hydrogen-bond donors (Lipinski definition) is 0. The highest BCUT2D eigenvalue weighted by molar-refractivity contribution is 7.98. The zero-order valence-electron chi connectivity index (χ0n) is 20.2. The standard InChI is InChI=1S/C26H21F4N3O4S/c1-14(26(28,29)30)31-13-33(32-11-10-20(35)24(37-15(2)34)23(32)25(31)36)22-16-7-5-8-19(27)18(16)12-38-21-9-4-3-6-17(21)22/h3-11,14,22H,12-13H2,1-2H3/t14-,22-/m1/s1. The van der Waals surface area contributed by atoms with Crippen LogP contribution in [-0.4, -0.2) is 40.3 Å². The molecule has 2 aliphatic heterocycles. The number of benzene rings is 2. The molecule has 5 rings (SSSR count). The van der Waals surface area contributed by atoms with Crippen molar-refractivity contribution in [1.29, 1.82) is 0 Å². The first-order valence-corrected chi connectivity index (χ1v) is 12.5. The minimum Gasteiger partial charge on any atom is -0.420 e. The number of carbonyl (C=O) groups is 2. The zero-order valence-corrected chi connectivity index (χ0v) is 21.0. The Kier molecular flexibility index (Phi) is 6.46. The molecule has 198 valence electrons. The van der Waals surface area contributed by atoms with Crippen molar-refractivity contribution in [2.75, 3.05) is 11.7 Å². The summed E-state index contributed by atoms with van der Waals surface area (Å²) in [6, 6.07) is 9.67. The van der Waals surface area contributed by atoms with Gasteiger partial charge in [0.15, 0.2) is 5.69 Å². The molecule has 0 N–H and O–H groups in total. The molecule has 38 heavy (non-hydrogen) atoms. The van der Waals surface area contributed by atoms with Gasteiger partial charge in [-0.1, -0.05) is 30.3 Å². The highest BCUT2D eigenvalue weighted by atomic mass is 32.2. The molecule has 2 atom stereocenters. The van der Waals surface area contributed by atoms with Crippen LogP contribution in [0.4, 0.5) is 17.6 Å². The van der Waals surface area contributed by atoms with E-state index in [0.29, 0.717) is 21.6 Å². The van der Waals surface area contributed by atoms with Crippen molar-refractivity contribution in [3.63, 3.8) is 0 Å². The van der Waals surface area contributed by atoms with Crippen LogP contribution in [0.5, 0.6) is 5.75 Å². The Morgan fingerprint density at radius 1 is 1.08 bits per heavy atom. The van der Waals surface area contributed by atoms with E-state index in [4.69, 9.17) is 4.74 Å². The Hall–Kier alpha value is -3.80. The highest BCUT2D eigenvalue weighted by Crippen LogP contribution is 2.44. The second-order valence-electron chi connectivity index (χ2n) is 8.91. The lowest BCUT2D eigenvalue weighted by atomic mass is 9.94. The first-order valence-electron chi connectivity index (χ1n) is 11.6. The monoisotopic (exact) mass is 547 g/mol. The molecule has 1 aromatic heterocycles. The Morgan fingerprint density at radius 2 is 1.79 bits per heavy atom. The average molecular weight is 548 g/mol. The molecule has 0 unspecified atom stereocenters. The van der Waals surface area contributed by atoms with Crippen LogP contribution in [0.2, 0.25) is 0 Å². The number of esters is 1. The van der Waals surface area contributed by atoms with Crippen molar-refractivity contribution in [3.05, 3.63) is 93.2 Å². The Labute approximate surface area is 218 Å². The summed E-state index contributed by atoms with van der Waals surface area (Å²) >= 11 is 1.39. The van der Waals surface area contributed by atoms with Gasteiger partial charge in [-0.15, -0.1) is 11.8 Å². The number of hydrogen-bond acceptors (Lipinski definition) is 6. The van der Waals surface area contributed by atoms with Crippen LogP contribution in [0.15, 0.2) is 64.4 Å². The van der Waals surface area contributed by atoms with E-state index in [1.54, 1.807) is 24.3 Å². The van der Waals surface area contributed by atoms with Gasteiger partial charge in [-0.2, -0.15) is 13.2 Å². The molecule has 0 saturated carbocycles. The molecule has 12 heteroatoms. The lowest BCUT2D eigenvalue weighted by molar-refractivity contribution is -0.173. The van der Waals surface area contributed by atoms with Gasteiger partial charge in [0.05, 0.1) is 6.04 Å². The topological polar surface area (TPSA) is 71.8 Å². The first kappa shape index (κ1) is 25.8. The van der Waals surface area contributed by atoms with E-state index in [1.807, 2.05) is 6.07 Å². The molecule has 1 amide bonds. The predicted molar refractivity (Wildman–Crippen MR) is 131 cm³/mol. The molecule has 0 bridgehead atoms. The van der Waals surface area contributed by atoms with Crippen molar-refractivity contribution >= 4 is 23.6 Å². The van der Waals surface area contributed by atoms with Crippen molar-refractivity contribution in [2.45, 2.75) is 42.8 Å². The van der Waals surface area contributed by atoms with Crippen molar-refractivity contribution in [1.82, 2.24) is 9.58 Å². The molecule has 0 saturated heterocycles. The largest absolute Gasteiger partial charge is 0.420 e. The number of thioether (sulfide) groups is 1. The van der Waals surface area contributed by atoms with Crippen LogP contribution in [0.25, 0.3) is 0 Å². The summed E-state index contributed by atoms with van der Waals surface area (Å²) in [5.74, 6) is -2.91. The van der Waals surface area contributed by atoms with E-state index in [2.05, 4.69) is 0 Å². The fourth-order valence-electron chi connectivity index (χ4n) is 4.73. The number of ether oxygens (including phenoxy) is 1. The van der Waals surface area contributed by atoms with E-state index < -0.39 is 59.5 Å². The number of carbonyl (C=O) groups excluding carboxylic acids is 2. The van der Waals surface area contributed by atoms with Gasteiger partial charge >= 0.3 is 12.1 Å². The Morgan fingerprint density at radius 3 is 2.50 bits per heavy atom. The number of fused-ring (bicyclic) bond motifs is 3. The second kappa shape index (κ2) is 9.50. The minimum absolute atomic E-state index is 0.278. The van der Waals surface area contributed by atoms with Crippen LogP contribution in [0.3, 0.4) is 0 Å². The van der Waals surface area contributed by atoms with Crippen LogP contribution >= 0.6 is 11.8 Å². The quantitative estimate of drug-likeness (QED) is 0.353. The number of alkyl halides is 3. The summed E-state index contributed by atoms with van der Waals surface area (Å²) < 4.78 is 63.1. The van der Waals surface area contributed by atoms with E-state index in [0.717, 1.165) is 24.8 Å². The number of nitrogens with zero attached hydrogens (tertiary/aromatic N) is 3. The lowest BCUT2D eigenvalue weighted by Gasteiger charge is -2.46. The summed E-state index contributed by atoms with van der Waals surface area (Å²) in [5, 5.41) is 1.45. The van der Waals surface area contributed by atoms with Gasteiger partial charge in [-0.3, -0.25) is 24.1 Å². The molecular formula is C26H21F4N3O4S. The first-order chi connectivity index (χ1) is 18.0. The van der Waals surface area contributed by atoms with Gasteiger partial charge in [0.2, 0.25) is 11.2 Å². The van der Waals surface area contributed by atoms with Crippen LogP contribution in [-0.2, 0) is 10.5 Å². The highest BCUT2D eigenvalue weighted by Gasteiger charge is 2.48. The van der Waals surface area contributed by atoms with Crippen molar-refractivity contribution in [2.24, 2.45) is 0 Å². The molecule has 0 spiro atoms. The van der Waals surface area contributed by atoms with Gasteiger partial charge < -0.3 is 9.64 Å². The molecule has 3 heterocycles. The number of amides is 1. The molecule has 2 aromatic carbocycles. The van der Waals surface area contributed by atoms with Crippen LogP contribution < -0.4 is 15.2 Å². The fraction of sp³-hybridized carbons (Fsp3) is 0.269. The Balaban J connectivity index is 1.81. The third-order valence-corrected chi connectivity index (χ3v) is 7.71.